The summed E-state index contributed by atoms with van der Waals surface area (Å²) in [4.78, 5) is 1.82. The molecular weight excluding hydrogens is 254 g/mol. The summed E-state index contributed by atoms with van der Waals surface area (Å²) in [5.41, 5.74) is 0.584. The van der Waals surface area contributed by atoms with Gasteiger partial charge in [-0.25, -0.2) is 8.78 Å². The van der Waals surface area contributed by atoms with E-state index in [1.807, 2.05) is 4.90 Å². The SMILES string of the molecule is FC(F)[C@H](c1ccc2c(c1)OCO2)N1CCNCC1. The largest absolute Gasteiger partial charge is 0.454 e. The molecule has 0 spiro atoms. The Morgan fingerprint density at radius 1 is 1.11 bits per heavy atom. The van der Waals surface area contributed by atoms with Crippen LogP contribution in [0.4, 0.5) is 8.78 Å². The van der Waals surface area contributed by atoms with Crippen molar-refractivity contribution >= 4 is 0 Å². The average Bonchev–Trinajstić information content (AvgIpc) is 2.87. The highest BCUT2D eigenvalue weighted by Crippen LogP contribution is 2.37. The molecule has 1 aromatic rings. The molecule has 6 heteroatoms. The van der Waals surface area contributed by atoms with Gasteiger partial charge in [0.25, 0.3) is 6.43 Å². The summed E-state index contributed by atoms with van der Waals surface area (Å²) in [6.45, 7) is 2.90. The van der Waals surface area contributed by atoms with E-state index in [1.165, 1.54) is 0 Å². The third-order valence-electron chi connectivity index (χ3n) is 3.52. The van der Waals surface area contributed by atoms with Gasteiger partial charge in [-0.3, -0.25) is 4.90 Å². The fourth-order valence-electron chi connectivity index (χ4n) is 2.57. The minimum atomic E-state index is -2.42. The minimum absolute atomic E-state index is 0.158. The van der Waals surface area contributed by atoms with Crippen LogP contribution >= 0.6 is 0 Å². The van der Waals surface area contributed by atoms with Crippen molar-refractivity contribution in [3.05, 3.63) is 23.8 Å². The Kier molecular flexibility index (Phi) is 3.52. The van der Waals surface area contributed by atoms with Gasteiger partial charge >= 0.3 is 0 Å². The minimum Gasteiger partial charge on any atom is -0.454 e. The highest BCUT2D eigenvalue weighted by molar-refractivity contribution is 5.45. The molecule has 4 nitrogen and oxygen atoms in total. The second-order valence-electron chi connectivity index (χ2n) is 4.68. The van der Waals surface area contributed by atoms with Crippen LogP contribution in [0.1, 0.15) is 11.6 Å². The number of halogens is 2. The van der Waals surface area contributed by atoms with Crippen molar-refractivity contribution in [2.24, 2.45) is 0 Å². The lowest BCUT2D eigenvalue weighted by Gasteiger charge is -2.34. The third kappa shape index (κ3) is 2.50. The summed E-state index contributed by atoms with van der Waals surface area (Å²) in [7, 11) is 0. The van der Waals surface area contributed by atoms with Crippen molar-refractivity contribution in [3.63, 3.8) is 0 Å². The van der Waals surface area contributed by atoms with Gasteiger partial charge in [0.2, 0.25) is 6.79 Å². The Morgan fingerprint density at radius 2 is 1.84 bits per heavy atom. The molecule has 1 aromatic carbocycles. The van der Waals surface area contributed by atoms with Gasteiger partial charge in [0.15, 0.2) is 11.5 Å². The normalized spacial score (nSPS) is 20.8. The number of fused-ring (bicyclic) bond motifs is 1. The second kappa shape index (κ2) is 5.30. The van der Waals surface area contributed by atoms with Crippen LogP contribution in [-0.2, 0) is 0 Å². The van der Waals surface area contributed by atoms with Gasteiger partial charge in [-0.1, -0.05) is 6.07 Å². The number of hydrogen-bond donors (Lipinski definition) is 1. The zero-order valence-electron chi connectivity index (χ0n) is 10.4. The molecule has 2 aliphatic heterocycles. The van der Waals surface area contributed by atoms with Crippen LogP contribution in [-0.4, -0.2) is 44.3 Å². The molecule has 1 atom stereocenters. The number of benzene rings is 1. The fourth-order valence-corrected chi connectivity index (χ4v) is 2.57. The first-order valence-corrected chi connectivity index (χ1v) is 6.38. The molecule has 1 fully saturated rings. The van der Waals surface area contributed by atoms with Crippen LogP contribution in [0.5, 0.6) is 11.5 Å². The summed E-state index contributed by atoms with van der Waals surface area (Å²) in [5, 5.41) is 3.17. The van der Waals surface area contributed by atoms with Crippen molar-refractivity contribution in [2.75, 3.05) is 33.0 Å². The van der Waals surface area contributed by atoms with Crippen molar-refractivity contribution < 1.29 is 18.3 Å². The Bertz CT molecular complexity index is 450. The summed E-state index contributed by atoms with van der Waals surface area (Å²) in [6.07, 6.45) is -2.42. The van der Waals surface area contributed by atoms with E-state index in [0.29, 0.717) is 30.2 Å². The van der Waals surface area contributed by atoms with Crippen molar-refractivity contribution in [2.45, 2.75) is 12.5 Å². The van der Waals surface area contributed by atoms with Crippen LogP contribution in [0.3, 0.4) is 0 Å². The van der Waals surface area contributed by atoms with Gasteiger partial charge in [-0.2, -0.15) is 0 Å². The van der Waals surface area contributed by atoms with Crippen LogP contribution in [0.15, 0.2) is 18.2 Å². The summed E-state index contributed by atoms with van der Waals surface area (Å²) < 4.78 is 37.2. The maximum absolute atomic E-state index is 13.4. The maximum Gasteiger partial charge on any atom is 0.258 e. The molecular formula is C13H16F2N2O2. The zero-order valence-corrected chi connectivity index (χ0v) is 10.4. The first kappa shape index (κ1) is 12.6. The molecule has 2 heterocycles. The van der Waals surface area contributed by atoms with Crippen LogP contribution in [0.25, 0.3) is 0 Å². The van der Waals surface area contributed by atoms with E-state index in [-0.39, 0.29) is 6.79 Å². The van der Waals surface area contributed by atoms with E-state index in [0.717, 1.165) is 13.1 Å². The predicted octanol–water partition coefficient (Wildman–Crippen LogP) is 1.63. The number of rotatable bonds is 3. The lowest BCUT2D eigenvalue weighted by atomic mass is 10.0. The highest BCUT2D eigenvalue weighted by atomic mass is 19.3. The van der Waals surface area contributed by atoms with Crippen molar-refractivity contribution in [3.8, 4) is 11.5 Å². The fraction of sp³-hybridized carbons (Fsp3) is 0.538. The molecule has 1 N–H and O–H groups in total. The number of alkyl halides is 2. The quantitative estimate of drug-likeness (QED) is 0.905. The van der Waals surface area contributed by atoms with Crippen molar-refractivity contribution in [1.29, 1.82) is 0 Å². The molecule has 0 amide bonds. The van der Waals surface area contributed by atoms with Gasteiger partial charge in [0.1, 0.15) is 0 Å². The van der Waals surface area contributed by atoms with E-state index in [2.05, 4.69) is 5.32 Å². The van der Waals surface area contributed by atoms with Gasteiger partial charge in [0.05, 0.1) is 6.04 Å². The molecule has 0 radical (unpaired) electrons. The summed E-state index contributed by atoms with van der Waals surface area (Å²) in [6, 6.07) is 4.19. The summed E-state index contributed by atoms with van der Waals surface area (Å²) in [5.74, 6) is 1.18. The first-order chi connectivity index (χ1) is 9.25. The van der Waals surface area contributed by atoms with Crippen LogP contribution in [0, 0.1) is 0 Å². The van der Waals surface area contributed by atoms with Gasteiger partial charge in [0, 0.05) is 26.2 Å². The molecule has 3 rings (SSSR count). The lowest BCUT2D eigenvalue weighted by Crippen LogP contribution is -2.46. The maximum atomic E-state index is 13.4. The monoisotopic (exact) mass is 270 g/mol. The zero-order chi connectivity index (χ0) is 13.2. The Morgan fingerprint density at radius 3 is 2.58 bits per heavy atom. The van der Waals surface area contributed by atoms with Gasteiger partial charge < -0.3 is 14.8 Å². The molecule has 0 aliphatic carbocycles. The number of nitrogens with one attached hydrogen (secondary N) is 1. The van der Waals surface area contributed by atoms with E-state index < -0.39 is 12.5 Å². The number of piperazine rings is 1. The van der Waals surface area contributed by atoms with E-state index in [4.69, 9.17) is 9.47 Å². The highest BCUT2D eigenvalue weighted by Gasteiger charge is 2.31. The van der Waals surface area contributed by atoms with Crippen LogP contribution < -0.4 is 14.8 Å². The molecule has 0 unspecified atom stereocenters. The molecule has 0 bridgehead atoms. The molecule has 0 aromatic heterocycles. The second-order valence-corrected chi connectivity index (χ2v) is 4.68. The number of ether oxygens (including phenoxy) is 2. The van der Waals surface area contributed by atoms with Gasteiger partial charge in [-0.15, -0.1) is 0 Å². The first-order valence-electron chi connectivity index (χ1n) is 6.38. The summed E-state index contributed by atoms with van der Waals surface area (Å²) >= 11 is 0. The molecule has 2 aliphatic rings. The Hall–Kier alpha value is -1.40. The predicted molar refractivity (Wildman–Crippen MR) is 65.8 cm³/mol. The molecule has 19 heavy (non-hydrogen) atoms. The topological polar surface area (TPSA) is 33.7 Å². The standard InChI is InChI=1S/C13H16F2N2O2/c14-13(15)12(17-5-3-16-4-6-17)9-1-2-10-11(7-9)19-8-18-10/h1-2,7,12-13,16H,3-6,8H2/t12-/m0/s1. The van der Waals surface area contributed by atoms with Crippen LogP contribution in [0.2, 0.25) is 0 Å². The Balaban J connectivity index is 1.87. The van der Waals surface area contributed by atoms with Crippen molar-refractivity contribution in [1.82, 2.24) is 10.2 Å². The lowest BCUT2D eigenvalue weighted by molar-refractivity contribution is 0.0181. The molecule has 1 saturated heterocycles. The third-order valence-corrected chi connectivity index (χ3v) is 3.52. The number of hydrogen-bond acceptors (Lipinski definition) is 4. The van der Waals surface area contributed by atoms with E-state index in [9.17, 15) is 8.78 Å². The Labute approximate surface area is 110 Å². The van der Waals surface area contributed by atoms with E-state index in [1.54, 1.807) is 18.2 Å². The molecule has 104 valence electrons. The smallest absolute Gasteiger partial charge is 0.258 e. The number of nitrogens with zero attached hydrogens (tertiary/aromatic N) is 1. The van der Waals surface area contributed by atoms with E-state index >= 15 is 0 Å². The van der Waals surface area contributed by atoms with Gasteiger partial charge in [-0.05, 0) is 17.7 Å². The average molecular weight is 270 g/mol. The molecule has 0 saturated carbocycles.